The zero-order chi connectivity index (χ0) is 21.4. The second kappa shape index (κ2) is 10.0. The standard InChI is InChI=1S/C20H26N2O6S/c1-15(28-19-7-5-16(6-8-19)22(2)29(4,24)25)20(23)21-13-14-27-18-11-9-17(26-3)10-12-18/h5-12,15H,13-14H2,1-4H3,(H,21,23). The molecule has 0 saturated heterocycles. The fourth-order valence-corrected chi connectivity index (χ4v) is 2.85. The lowest BCUT2D eigenvalue weighted by atomic mass is 10.3. The van der Waals surface area contributed by atoms with Gasteiger partial charge < -0.3 is 19.5 Å². The Hall–Kier alpha value is -2.94. The van der Waals surface area contributed by atoms with Crippen LogP contribution >= 0.6 is 0 Å². The van der Waals surface area contributed by atoms with Crippen molar-refractivity contribution >= 4 is 21.6 Å². The number of methoxy groups -OCH3 is 1. The number of carbonyl (C=O) groups excluding carboxylic acids is 1. The van der Waals surface area contributed by atoms with Crippen molar-refractivity contribution in [2.24, 2.45) is 0 Å². The van der Waals surface area contributed by atoms with Crippen molar-refractivity contribution in [2.75, 3.05) is 37.9 Å². The number of hydrogen-bond donors (Lipinski definition) is 1. The first-order valence-electron chi connectivity index (χ1n) is 8.96. The van der Waals surface area contributed by atoms with Crippen molar-refractivity contribution < 1.29 is 27.4 Å². The molecule has 2 aromatic carbocycles. The number of benzene rings is 2. The number of ether oxygens (including phenoxy) is 3. The highest BCUT2D eigenvalue weighted by molar-refractivity contribution is 7.92. The van der Waals surface area contributed by atoms with Gasteiger partial charge in [-0.15, -0.1) is 0 Å². The summed E-state index contributed by atoms with van der Waals surface area (Å²) in [6.07, 6.45) is 0.414. The largest absolute Gasteiger partial charge is 0.497 e. The van der Waals surface area contributed by atoms with E-state index in [1.165, 1.54) is 7.05 Å². The lowest BCUT2D eigenvalue weighted by Gasteiger charge is -2.18. The van der Waals surface area contributed by atoms with Crippen molar-refractivity contribution in [2.45, 2.75) is 13.0 Å². The molecule has 0 fully saturated rings. The molecule has 0 heterocycles. The van der Waals surface area contributed by atoms with E-state index in [-0.39, 0.29) is 5.91 Å². The summed E-state index contributed by atoms with van der Waals surface area (Å²) in [5, 5.41) is 2.74. The normalized spacial score (nSPS) is 12.0. The number of hydrogen-bond acceptors (Lipinski definition) is 6. The van der Waals surface area contributed by atoms with Gasteiger partial charge in [-0.3, -0.25) is 9.10 Å². The Morgan fingerprint density at radius 2 is 1.59 bits per heavy atom. The molecule has 0 aromatic heterocycles. The summed E-state index contributed by atoms with van der Waals surface area (Å²) in [6, 6.07) is 13.6. The van der Waals surface area contributed by atoms with Gasteiger partial charge >= 0.3 is 0 Å². The van der Waals surface area contributed by atoms with Crippen molar-refractivity contribution in [1.82, 2.24) is 5.32 Å². The molecule has 0 bridgehead atoms. The fraction of sp³-hybridized carbons (Fsp3) is 0.350. The quantitative estimate of drug-likeness (QED) is 0.589. The molecular formula is C20H26N2O6S. The monoisotopic (exact) mass is 422 g/mol. The van der Waals surface area contributed by atoms with Crippen molar-refractivity contribution in [3.63, 3.8) is 0 Å². The summed E-state index contributed by atoms with van der Waals surface area (Å²) in [5.74, 6) is 1.62. The van der Waals surface area contributed by atoms with Gasteiger partial charge in [0.2, 0.25) is 10.0 Å². The number of carbonyl (C=O) groups is 1. The van der Waals surface area contributed by atoms with Crippen molar-refractivity contribution in [1.29, 1.82) is 0 Å². The van der Waals surface area contributed by atoms with Gasteiger partial charge in [-0.05, 0) is 55.5 Å². The van der Waals surface area contributed by atoms with Crippen molar-refractivity contribution in [3.8, 4) is 17.2 Å². The molecule has 0 saturated carbocycles. The predicted molar refractivity (Wildman–Crippen MR) is 111 cm³/mol. The predicted octanol–water partition coefficient (Wildman–Crippen LogP) is 2.05. The minimum absolute atomic E-state index is 0.277. The van der Waals surface area contributed by atoms with Crippen LogP contribution in [0, 0.1) is 0 Å². The van der Waals surface area contributed by atoms with Crippen LogP contribution in [-0.2, 0) is 14.8 Å². The van der Waals surface area contributed by atoms with Gasteiger partial charge in [-0.2, -0.15) is 0 Å². The van der Waals surface area contributed by atoms with Gasteiger partial charge in [0.1, 0.15) is 23.9 Å². The van der Waals surface area contributed by atoms with E-state index in [9.17, 15) is 13.2 Å². The van der Waals surface area contributed by atoms with E-state index >= 15 is 0 Å². The molecule has 2 aromatic rings. The second-order valence-corrected chi connectivity index (χ2v) is 8.31. The van der Waals surface area contributed by atoms with Gasteiger partial charge in [-0.1, -0.05) is 0 Å². The minimum Gasteiger partial charge on any atom is -0.497 e. The maximum Gasteiger partial charge on any atom is 0.260 e. The van der Waals surface area contributed by atoms with Crippen LogP contribution < -0.4 is 23.8 Å². The van der Waals surface area contributed by atoms with E-state index in [0.29, 0.717) is 30.3 Å². The minimum atomic E-state index is -3.33. The van der Waals surface area contributed by atoms with E-state index in [4.69, 9.17) is 14.2 Å². The van der Waals surface area contributed by atoms with Crippen LogP contribution in [0.3, 0.4) is 0 Å². The van der Waals surface area contributed by atoms with Crippen LogP contribution in [-0.4, -0.2) is 54.0 Å². The fourth-order valence-electron chi connectivity index (χ4n) is 2.34. The van der Waals surface area contributed by atoms with Gasteiger partial charge in [0, 0.05) is 7.05 Å². The Morgan fingerprint density at radius 3 is 2.14 bits per heavy atom. The first kappa shape index (κ1) is 22.4. The number of rotatable bonds is 10. The highest BCUT2D eigenvalue weighted by Crippen LogP contribution is 2.21. The number of sulfonamides is 1. The van der Waals surface area contributed by atoms with E-state index in [1.807, 2.05) is 0 Å². The average molecular weight is 423 g/mol. The Labute approximate surface area is 171 Å². The molecule has 0 spiro atoms. The van der Waals surface area contributed by atoms with E-state index in [2.05, 4.69) is 5.32 Å². The molecule has 8 nitrogen and oxygen atoms in total. The van der Waals surface area contributed by atoms with Gasteiger partial charge in [0.05, 0.1) is 25.6 Å². The Morgan fingerprint density at radius 1 is 1.03 bits per heavy atom. The lowest BCUT2D eigenvalue weighted by molar-refractivity contribution is -0.127. The molecule has 0 aliphatic heterocycles. The van der Waals surface area contributed by atoms with E-state index in [1.54, 1.807) is 62.6 Å². The number of nitrogens with zero attached hydrogens (tertiary/aromatic N) is 1. The molecule has 1 unspecified atom stereocenters. The smallest absolute Gasteiger partial charge is 0.260 e. The third-order valence-corrected chi connectivity index (χ3v) is 5.32. The highest BCUT2D eigenvalue weighted by atomic mass is 32.2. The molecule has 0 radical (unpaired) electrons. The van der Waals surface area contributed by atoms with Crippen LogP contribution in [0.4, 0.5) is 5.69 Å². The topological polar surface area (TPSA) is 94.2 Å². The van der Waals surface area contributed by atoms with E-state index < -0.39 is 16.1 Å². The maximum atomic E-state index is 12.2. The van der Waals surface area contributed by atoms with Crippen molar-refractivity contribution in [3.05, 3.63) is 48.5 Å². The lowest BCUT2D eigenvalue weighted by Crippen LogP contribution is -2.38. The summed E-state index contributed by atoms with van der Waals surface area (Å²) >= 11 is 0. The van der Waals surface area contributed by atoms with Crippen LogP contribution in [0.1, 0.15) is 6.92 Å². The van der Waals surface area contributed by atoms with Crippen LogP contribution in [0.25, 0.3) is 0 Å². The molecule has 158 valence electrons. The molecule has 0 aliphatic carbocycles. The second-order valence-electron chi connectivity index (χ2n) is 6.30. The average Bonchev–Trinajstić information content (AvgIpc) is 2.70. The summed E-state index contributed by atoms with van der Waals surface area (Å²) in [6.45, 7) is 2.28. The third kappa shape index (κ3) is 6.86. The molecule has 0 aliphatic rings. The summed E-state index contributed by atoms with van der Waals surface area (Å²) < 4.78 is 40.5. The van der Waals surface area contributed by atoms with E-state index in [0.717, 1.165) is 16.3 Å². The summed E-state index contributed by atoms with van der Waals surface area (Å²) in [5.41, 5.74) is 0.507. The first-order chi connectivity index (χ1) is 13.7. The highest BCUT2D eigenvalue weighted by Gasteiger charge is 2.15. The van der Waals surface area contributed by atoms with Crippen LogP contribution in [0.15, 0.2) is 48.5 Å². The SMILES string of the molecule is COc1ccc(OCCNC(=O)C(C)Oc2ccc(N(C)S(C)(=O)=O)cc2)cc1. The Balaban J connectivity index is 1.76. The summed E-state index contributed by atoms with van der Waals surface area (Å²) in [7, 11) is -0.270. The van der Waals surface area contributed by atoms with Crippen LogP contribution in [0.2, 0.25) is 0 Å². The zero-order valence-corrected chi connectivity index (χ0v) is 17.7. The molecular weight excluding hydrogens is 396 g/mol. The van der Waals surface area contributed by atoms with Gasteiger partial charge in [0.25, 0.3) is 5.91 Å². The molecule has 1 N–H and O–H groups in total. The van der Waals surface area contributed by atoms with Gasteiger partial charge in [0.15, 0.2) is 6.10 Å². The number of amides is 1. The van der Waals surface area contributed by atoms with Crippen LogP contribution in [0.5, 0.6) is 17.2 Å². The Bertz CT molecular complexity index is 898. The number of anilines is 1. The third-order valence-electron chi connectivity index (χ3n) is 4.11. The molecule has 9 heteroatoms. The molecule has 1 atom stereocenters. The maximum absolute atomic E-state index is 12.2. The molecule has 1 amide bonds. The molecule has 2 rings (SSSR count). The Kier molecular flexibility index (Phi) is 7.72. The first-order valence-corrected chi connectivity index (χ1v) is 10.8. The zero-order valence-electron chi connectivity index (χ0n) is 16.9. The molecule has 29 heavy (non-hydrogen) atoms. The number of nitrogens with one attached hydrogen (secondary N) is 1. The van der Waals surface area contributed by atoms with Gasteiger partial charge in [-0.25, -0.2) is 8.42 Å². The summed E-state index contributed by atoms with van der Waals surface area (Å²) in [4.78, 5) is 12.2.